The summed E-state index contributed by atoms with van der Waals surface area (Å²) >= 11 is 0. The summed E-state index contributed by atoms with van der Waals surface area (Å²) in [6.07, 6.45) is 1.14. The minimum atomic E-state index is -0.354. The monoisotopic (exact) mass is 301 g/mol. The molecule has 0 bridgehead atoms. The Morgan fingerprint density at radius 3 is 2.59 bits per heavy atom. The molecule has 0 fully saturated rings. The maximum absolute atomic E-state index is 13.0. The van der Waals surface area contributed by atoms with Crippen LogP contribution in [0, 0.1) is 17.1 Å². The fraction of sp³-hybridized carbons (Fsp3) is 0.214. The van der Waals surface area contributed by atoms with Gasteiger partial charge in [0.15, 0.2) is 5.96 Å². The quantitative estimate of drug-likeness (QED) is 0.424. The molecule has 0 aliphatic carbocycles. The highest BCUT2D eigenvalue weighted by Gasteiger charge is 2.16. The summed E-state index contributed by atoms with van der Waals surface area (Å²) < 4.78 is 14.4. The maximum Gasteiger partial charge on any atom is 0.185 e. The first-order chi connectivity index (χ1) is 10.5. The van der Waals surface area contributed by atoms with Crippen molar-refractivity contribution >= 4 is 11.8 Å². The van der Waals surface area contributed by atoms with Crippen molar-refractivity contribution in [2.45, 2.75) is 12.8 Å². The van der Waals surface area contributed by atoms with Crippen molar-refractivity contribution < 1.29 is 4.39 Å². The van der Waals surface area contributed by atoms with Crippen molar-refractivity contribution in [1.82, 2.24) is 9.78 Å². The largest absolute Gasteiger partial charge is 0.382 e. The molecule has 0 aliphatic rings. The Hall–Kier alpha value is -3.08. The van der Waals surface area contributed by atoms with Crippen LogP contribution in [0.5, 0.6) is 0 Å². The summed E-state index contributed by atoms with van der Waals surface area (Å²) in [6.45, 7) is 0.441. The molecule has 0 atom stereocenters. The molecule has 2 rings (SSSR count). The third kappa shape index (κ3) is 3.32. The second-order valence-electron chi connectivity index (χ2n) is 4.62. The molecule has 0 saturated carbocycles. The van der Waals surface area contributed by atoms with Gasteiger partial charge in [-0.2, -0.15) is 10.4 Å². The van der Waals surface area contributed by atoms with Crippen molar-refractivity contribution in [3.8, 4) is 11.8 Å². The van der Waals surface area contributed by atoms with Gasteiger partial charge in [0.25, 0.3) is 0 Å². The van der Waals surface area contributed by atoms with E-state index in [-0.39, 0.29) is 17.6 Å². The van der Waals surface area contributed by atoms with Crippen LogP contribution >= 0.6 is 0 Å². The van der Waals surface area contributed by atoms with Gasteiger partial charge in [-0.05, 0) is 37.1 Å². The van der Waals surface area contributed by atoms with E-state index in [2.05, 4.69) is 10.1 Å². The van der Waals surface area contributed by atoms with E-state index in [1.807, 2.05) is 6.07 Å². The van der Waals surface area contributed by atoms with Gasteiger partial charge in [0, 0.05) is 6.54 Å². The number of aromatic nitrogens is 2. The normalized spacial score (nSPS) is 10.2. The molecule has 2 aromatic rings. The summed E-state index contributed by atoms with van der Waals surface area (Å²) in [4.78, 5) is 3.87. The molecule has 8 heteroatoms. The van der Waals surface area contributed by atoms with Gasteiger partial charge in [0.05, 0.1) is 11.4 Å². The number of rotatable bonds is 5. The second kappa shape index (κ2) is 6.58. The smallest absolute Gasteiger partial charge is 0.185 e. The number of aryl methyl sites for hydroxylation is 1. The third-order valence-electron chi connectivity index (χ3n) is 3.04. The summed E-state index contributed by atoms with van der Waals surface area (Å²) in [7, 11) is 0. The van der Waals surface area contributed by atoms with Crippen LogP contribution in [-0.4, -0.2) is 22.3 Å². The third-order valence-corrected chi connectivity index (χ3v) is 3.04. The fourth-order valence-electron chi connectivity index (χ4n) is 2.01. The number of aliphatic imine (C=N–C) groups is 1. The number of guanidine groups is 1. The molecule has 0 spiro atoms. The van der Waals surface area contributed by atoms with Crippen molar-refractivity contribution in [3.05, 3.63) is 41.3 Å². The topological polar surface area (TPSA) is 132 Å². The van der Waals surface area contributed by atoms with E-state index < -0.39 is 0 Å². The first-order valence-electron chi connectivity index (χ1n) is 6.61. The Morgan fingerprint density at radius 2 is 2.00 bits per heavy atom. The number of nitrogens with two attached hydrogens (primary N) is 3. The van der Waals surface area contributed by atoms with Crippen molar-refractivity contribution in [1.29, 1.82) is 5.26 Å². The van der Waals surface area contributed by atoms with Gasteiger partial charge < -0.3 is 17.2 Å². The zero-order chi connectivity index (χ0) is 16.1. The highest BCUT2D eigenvalue weighted by molar-refractivity contribution is 5.75. The van der Waals surface area contributed by atoms with Crippen LogP contribution in [-0.2, 0) is 6.42 Å². The zero-order valence-electron chi connectivity index (χ0n) is 11.8. The fourth-order valence-corrected chi connectivity index (χ4v) is 2.01. The minimum absolute atomic E-state index is 0.0249. The number of halogens is 1. The molecule has 0 aliphatic heterocycles. The van der Waals surface area contributed by atoms with Crippen LogP contribution in [0.2, 0.25) is 0 Å². The summed E-state index contributed by atoms with van der Waals surface area (Å²) in [5.41, 5.74) is 17.9. The van der Waals surface area contributed by atoms with Crippen LogP contribution in [0.3, 0.4) is 0 Å². The van der Waals surface area contributed by atoms with Gasteiger partial charge in [-0.3, -0.25) is 4.99 Å². The van der Waals surface area contributed by atoms with E-state index in [1.165, 1.54) is 16.8 Å². The SMILES string of the molecule is N#Cc1c(CCCN=C(N)N)nn(-c2ccc(F)cc2)c1N. The van der Waals surface area contributed by atoms with E-state index in [4.69, 9.17) is 17.2 Å². The van der Waals surface area contributed by atoms with Crippen LogP contribution in [0.4, 0.5) is 10.2 Å². The van der Waals surface area contributed by atoms with Gasteiger partial charge >= 0.3 is 0 Å². The van der Waals surface area contributed by atoms with E-state index in [9.17, 15) is 9.65 Å². The second-order valence-corrected chi connectivity index (χ2v) is 4.62. The van der Waals surface area contributed by atoms with Gasteiger partial charge in [-0.15, -0.1) is 0 Å². The number of nitrogen functional groups attached to an aromatic ring is 1. The molecule has 0 unspecified atom stereocenters. The predicted octanol–water partition coefficient (Wildman–Crippen LogP) is 0.671. The minimum Gasteiger partial charge on any atom is -0.382 e. The Kier molecular flexibility index (Phi) is 4.58. The summed E-state index contributed by atoms with van der Waals surface area (Å²) in [6, 6.07) is 7.75. The molecule has 1 aromatic carbocycles. The van der Waals surface area contributed by atoms with Crippen molar-refractivity contribution in [3.63, 3.8) is 0 Å². The van der Waals surface area contributed by atoms with E-state index in [0.717, 1.165) is 0 Å². The van der Waals surface area contributed by atoms with Gasteiger partial charge in [0.1, 0.15) is 23.3 Å². The highest BCUT2D eigenvalue weighted by Crippen LogP contribution is 2.21. The first kappa shape index (κ1) is 15.3. The van der Waals surface area contributed by atoms with E-state index >= 15 is 0 Å². The molecule has 7 nitrogen and oxygen atoms in total. The molecule has 1 heterocycles. The number of nitrogens with zero attached hydrogens (tertiary/aromatic N) is 4. The lowest BCUT2D eigenvalue weighted by Gasteiger charge is -2.03. The summed E-state index contributed by atoms with van der Waals surface area (Å²) in [5, 5.41) is 13.6. The Labute approximate surface area is 126 Å². The maximum atomic E-state index is 13.0. The first-order valence-corrected chi connectivity index (χ1v) is 6.61. The summed E-state index contributed by atoms with van der Waals surface area (Å²) in [5.74, 6) is -0.102. The molecular weight excluding hydrogens is 285 g/mol. The Balaban J connectivity index is 2.25. The van der Waals surface area contributed by atoms with Crippen LogP contribution in [0.1, 0.15) is 17.7 Å². The zero-order valence-corrected chi connectivity index (χ0v) is 11.8. The molecule has 0 amide bonds. The molecular formula is C14H16FN7. The molecule has 6 N–H and O–H groups in total. The van der Waals surface area contributed by atoms with Gasteiger partial charge in [0.2, 0.25) is 0 Å². The van der Waals surface area contributed by atoms with Crippen molar-refractivity contribution in [2.75, 3.05) is 12.3 Å². The lowest BCUT2D eigenvalue weighted by atomic mass is 10.1. The molecule has 1 aromatic heterocycles. The molecule has 0 radical (unpaired) electrons. The molecule has 114 valence electrons. The van der Waals surface area contributed by atoms with Gasteiger partial charge in [-0.25, -0.2) is 9.07 Å². The lowest BCUT2D eigenvalue weighted by molar-refractivity contribution is 0.627. The average molecular weight is 301 g/mol. The predicted molar refractivity (Wildman–Crippen MR) is 81.6 cm³/mol. The standard InChI is InChI=1S/C14H16FN7/c15-9-3-5-10(6-4-9)22-13(17)11(8-16)12(21-22)2-1-7-20-14(18)19/h3-6H,1-2,7,17H2,(H4,18,19,20). The van der Waals surface area contributed by atoms with E-state index in [1.54, 1.807) is 12.1 Å². The van der Waals surface area contributed by atoms with Gasteiger partial charge in [-0.1, -0.05) is 0 Å². The number of anilines is 1. The number of hydrogen-bond acceptors (Lipinski definition) is 4. The number of hydrogen-bond donors (Lipinski definition) is 3. The Morgan fingerprint density at radius 1 is 1.32 bits per heavy atom. The molecule has 22 heavy (non-hydrogen) atoms. The van der Waals surface area contributed by atoms with Crippen LogP contribution < -0.4 is 17.2 Å². The highest BCUT2D eigenvalue weighted by atomic mass is 19.1. The number of benzene rings is 1. The van der Waals surface area contributed by atoms with Crippen LogP contribution in [0.25, 0.3) is 5.69 Å². The lowest BCUT2D eigenvalue weighted by Crippen LogP contribution is -2.23. The Bertz CT molecular complexity index is 721. The average Bonchev–Trinajstić information content (AvgIpc) is 2.80. The van der Waals surface area contributed by atoms with E-state index in [0.29, 0.717) is 36.3 Å². The molecule has 0 saturated heterocycles. The van der Waals surface area contributed by atoms with Crippen molar-refractivity contribution in [2.24, 2.45) is 16.5 Å². The number of nitriles is 1. The van der Waals surface area contributed by atoms with Crippen LogP contribution in [0.15, 0.2) is 29.3 Å².